The van der Waals surface area contributed by atoms with Crippen LogP contribution < -0.4 is 0 Å². The Bertz CT molecular complexity index is 584. The second-order valence-electron chi connectivity index (χ2n) is 5.10. The van der Waals surface area contributed by atoms with E-state index in [0.29, 0.717) is 6.04 Å². The van der Waals surface area contributed by atoms with Gasteiger partial charge in [0.1, 0.15) is 5.69 Å². The molecule has 3 rings (SSSR count). The van der Waals surface area contributed by atoms with Gasteiger partial charge in [-0.05, 0) is 43.7 Å². The highest BCUT2D eigenvalue weighted by Gasteiger charge is 2.26. The first-order chi connectivity index (χ1) is 8.68. The second-order valence-corrected chi connectivity index (χ2v) is 6.05. The number of likely N-dealkylation sites (tertiary alicyclic amines) is 1. The van der Waals surface area contributed by atoms with E-state index in [1.54, 1.807) is 11.3 Å². The van der Waals surface area contributed by atoms with Gasteiger partial charge in [0.05, 0.1) is 10.2 Å². The number of fused-ring (bicyclic) bond motifs is 1. The highest BCUT2D eigenvalue weighted by atomic mass is 32.1. The van der Waals surface area contributed by atoms with Crippen molar-refractivity contribution in [2.75, 3.05) is 6.54 Å². The Morgan fingerprint density at radius 2 is 2.28 bits per heavy atom. The molecule has 0 bridgehead atoms. The van der Waals surface area contributed by atoms with E-state index in [1.165, 1.54) is 11.1 Å². The fourth-order valence-electron chi connectivity index (χ4n) is 2.80. The number of thiophene rings is 1. The van der Waals surface area contributed by atoms with Crippen LogP contribution in [-0.4, -0.2) is 28.0 Å². The highest BCUT2D eigenvalue weighted by Crippen LogP contribution is 2.26. The van der Waals surface area contributed by atoms with Gasteiger partial charge < -0.3 is 9.47 Å². The summed E-state index contributed by atoms with van der Waals surface area (Å²) in [5, 5.41) is 2.07. The summed E-state index contributed by atoms with van der Waals surface area (Å²) in [6.45, 7) is 3.06. The Kier molecular flexibility index (Phi) is 2.90. The molecule has 3 nitrogen and oxygen atoms in total. The number of nitrogens with zero attached hydrogens (tertiary/aromatic N) is 2. The van der Waals surface area contributed by atoms with E-state index in [2.05, 4.69) is 18.4 Å². The molecule has 0 N–H and O–H groups in total. The van der Waals surface area contributed by atoms with E-state index < -0.39 is 0 Å². The monoisotopic (exact) mass is 262 g/mol. The Morgan fingerprint density at radius 3 is 3.00 bits per heavy atom. The van der Waals surface area contributed by atoms with E-state index in [9.17, 15) is 4.79 Å². The maximum atomic E-state index is 12.6. The van der Waals surface area contributed by atoms with Gasteiger partial charge in [0.2, 0.25) is 0 Å². The van der Waals surface area contributed by atoms with Crippen LogP contribution in [0.25, 0.3) is 10.2 Å². The molecule has 2 aromatic rings. The topological polar surface area (TPSA) is 25.2 Å². The van der Waals surface area contributed by atoms with E-state index in [-0.39, 0.29) is 5.91 Å². The Labute approximate surface area is 111 Å². The zero-order valence-corrected chi connectivity index (χ0v) is 11.7. The third-order valence-electron chi connectivity index (χ3n) is 3.95. The number of piperidine rings is 1. The molecule has 18 heavy (non-hydrogen) atoms. The van der Waals surface area contributed by atoms with E-state index in [0.717, 1.165) is 30.6 Å². The van der Waals surface area contributed by atoms with Gasteiger partial charge in [-0.1, -0.05) is 0 Å². The molecular formula is C14H18N2OS. The Hall–Kier alpha value is -1.29. The predicted octanol–water partition coefficient (Wildman–Crippen LogP) is 3.25. The summed E-state index contributed by atoms with van der Waals surface area (Å²) < 4.78 is 3.22. The van der Waals surface area contributed by atoms with Crippen LogP contribution in [0.2, 0.25) is 0 Å². The first kappa shape index (κ1) is 11.8. The molecule has 0 aromatic carbocycles. The smallest absolute Gasteiger partial charge is 0.270 e. The second kappa shape index (κ2) is 4.43. The zero-order chi connectivity index (χ0) is 12.7. The average Bonchev–Trinajstić information content (AvgIpc) is 2.93. The average molecular weight is 262 g/mol. The fraction of sp³-hybridized carbons (Fsp3) is 0.500. The maximum Gasteiger partial charge on any atom is 0.270 e. The lowest BCUT2D eigenvalue weighted by molar-refractivity contribution is 0.0626. The Balaban J connectivity index is 1.95. The van der Waals surface area contributed by atoms with Gasteiger partial charge in [-0.15, -0.1) is 11.3 Å². The van der Waals surface area contributed by atoms with E-state index >= 15 is 0 Å². The third-order valence-corrected chi connectivity index (χ3v) is 4.80. The van der Waals surface area contributed by atoms with Crippen molar-refractivity contribution in [2.45, 2.75) is 32.2 Å². The van der Waals surface area contributed by atoms with Crippen LogP contribution in [0.1, 0.15) is 36.7 Å². The molecule has 96 valence electrons. The molecule has 2 aromatic heterocycles. The predicted molar refractivity (Wildman–Crippen MR) is 75.1 cm³/mol. The number of hydrogen-bond acceptors (Lipinski definition) is 2. The van der Waals surface area contributed by atoms with Gasteiger partial charge in [0.25, 0.3) is 5.91 Å². The van der Waals surface area contributed by atoms with Crippen LogP contribution in [0.4, 0.5) is 0 Å². The maximum absolute atomic E-state index is 12.6. The van der Waals surface area contributed by atoms with Crippen LogP contribution in [0, 0.1) is 0 Å². The number of hydrogen-bond donors (Lipinski definition) is 0. The molecule has 0 spiro atoms. The molecule has 1 aliphatic heterocycles. The van der Waals surface area contributed by atoms with Crippen molar-refractivity contribution in [3.63, 3.8) is 0 Å². The standard InChI is InChI=1S/C14H18N2OS/c1-10-5-3-4-7-16(10)14(17)12-9-13-11(15(12)2)6-8-18-13/h6,8-10H,3-5,7H2,1-2H3. The van der Waals surface area contributed by atoms with Crippen LogP contribution in [0.5, 0.6) is 0 Å². The molecule has 1 atom stereocenters. The van der Waals surface area contributed by atoms with Gasteiger partial charge in [-0.25, -0.2) is 0 Å². The summed E-state index contributed by atoms with van der Waals surface area (Å²) in [4.78, 5) is 14.6. The molecule has 4 heteroatoms. The van der Waals surface area contributed by atoms with Crippen molar-refractivity contribution < 1.29 is 4.79 Å². The van der Waals surface area contributed by atoms with Crippen LogP contribution in [0.15, 0.2) is 17.5 Å². The molecule has 1 fully saturated rings. The summed E-state index contributed by atoms with van der Waals surface area (Å²) in [5.74, 6) is 0.188. The SMILES string of the molecule is CC1CCCCN1C(=O)c1cc2sccc2n1C. The largest absolute Gasteiger partial charge is 0.339 e. The Morgan fingerprint density at radius 1 is 1.44 bits per heavy atom. The van der Waals surface area contributed by atoms with E-state index in [1.807, 2.05) is 22.6 Å². The number of aryl methyl sites for hydroxylation is 1. The molecule has 3 heterocycles. The van der Waals surface area contributed by atoms with Crippen molar-refractivity contribution in [1.29, 1.82) is 0 Å². The fourth-order valence-corrected chi connectivity index (χ4v) is 3.65. The van der Waals surface area contributed by atoms with Crippen molar-refractivity contribution in [3.8, 4) is 0 Å². The summed E-state index contributed by atoms with van der Waals surface area (Å²) in [7, 11) is 1.98. The van der Waals surface area contributed by atoms with Crippen LogP contribution in [0.3, 0.4) is 0 Å². The summed E-state index contributed by atoms with van der Waals surface area (Å²) >= 11 is 1.70. The molecule has 1 aliphatic rings. The molecular weight excluding hydrogens is 244 g/mol. The van der Waals surface area contributed by atoms with Crippen molar-refractivity contribution in [2.24, 2.45) is 7.05 Å². The van der Waals surface area contributed by atoms with Crippen LogP contribution >= 0.6 is 11.3 Å². The van der Waals surface area contributed by atoms with Gasteiger partial charge in [-0.3, -0.25) is 4.79 Å². The van der Waals surface area contributed by atoms with Crippen molar-refractivity contribution in [1.82, 2.24) is 9.47 Å². The number of carbonyl (C=O) groups excluding carboxylic acids is 1. The molecule has 1 amide bonds. The summed E-state index contributed by atoms with van der Waals surface area (Å²) in [6, 6.07) is 4.49. The first-order valence-electron chi connectivity index (χ1n) is 6.52. The third kappa shape index (κ3) is 1.75. The molecule has 0 radical (unpaired) electrons. The molecule has 0 saturated carbocycles. The van der Waals surface area contributed by atoms with Gasteiger partial charge in [0, 0.05) is 19.6 Å². The minimum Gasteiger partial charge on any atom is -0.339 e. The quantitative estimate of drug-likeness (QED) is 0.774. The minimum atomic E-state index is 0.188. The molecule has 0 aliphatic carbocycles. The number of rotatable bonds is 1. The number of aromatic nitrogens is 1. The zero-order valence-electron chi connectivity index (χ0n) is 10.8. The number of amides is 1. The number of carbonyl (C=O) groups is 1. The summed E-state index contributed by atoms with van der Waals surface area (Å²) in [6.07, 6.45) is 3.51. The first-order valence-corrected chi connectivity index (χ1v) is 7.40. The lowest BCUT2D eigenvalue weighted by Crippen LogP contribution is -2.42. The molecule has 1 saturated heterocycles. The van der Waals surface area contributed by atoms with Gasteiger partial charge in [0.15, 0.2) is 0 Å². The van der Waals surface area contributed by atoms with Crippen molar-refractivity contribution >= 4 is 27.5 Å². The lowest BCUT2D eigenvalue weighted by Gasteiger charge is -2.33. The minimum absolute atomic E-state index is 0.188. The van der Waals surface area contributed by atoms with Crippen molar-refractivity contribution in [3.05, 3.63) is 23.2 Å². The normalized spacial score (nSPS) is 20.6. The van der Waals surface area contributed by atoms with Gasteiger partial charge in [-0.2, -0.15) is 0 Å². The summed E-state index contributed by atoms with van der Waals surface area (Å²) in [5.41, 5.74) is 1.98. The van der Waals surface area contributed by atoms with Crippen LogP contribution in [-0.2, 0) is 7.05 Å². The lowest BCUT2D eigenvalue weighted by atomic mass is 10.0. The van der Waals surface area contributed by atoms with Gasteiger partial charge >= 0.3 is 0 Å². The van der Waals surface area contributed by atoms with E-state index in [4.69, 9.17) is 0 Å². The molecule has 1 unspecified atom stereocenters. The highest BCUT2D eigenvalue weighted by molar-refractivity contribution is 7.17.